The Morgan fingerprint density at radius 1 is 1.43 bits per heavy atom. The third-order valence-corrected chi connectivity index (χ3v) is 3.56. The molecule has 0 bridgehead atoms. The van der Waals surface area contributed by atoms with Crippen LogP contribution in [0.3, 0.4) is 0 Å². The molecule has 0 amide bonds. The van der Waals surface area contributed by atoms with Crippen molar-refractivity contribution in [1.82, 2.24) is 5.06 Å². The molecule has 0 aromatic heterocycles. The lowest BCUT2D eigenvalue weighted by Crippen LogP contribution is -2.38. The average molecular weight is 197 g/mol. The number of cyclic esters (lactones) is 1. The first-order valence-corrected chi connectivity index (χ1v) is 5.41. The molecule has 0 unspecified atom stereocenters. The Bertz CT molecular complexity index is 268. The summed E-state index contributed by atoms with van der Waals surface area (Å²) in [6.07, 6.45) is 3.36. The number of carbonyl (C=O) groups excluding carboxylic acids is 1. The van der Waals surface area contributed by atoms with E-state index in [9.17, 15) is 4.79 Å². The molecular weight excluding hydrogens is 182 g/mol. The summed E-state index contributed by atoms with van der Waals surface area (Å²) in [4.78, 5) is 17.4. The summed E-state index contributed by atoms with van der Waals surface area (Å²) in [7, 11) is 0. The van der Waals surface area contributed by atoms with E-state index >= 15 is 0 Å². The van der Waals surface area contributed by atoms with E-state index in [0.29, 0.717) is 0 Å². The number of ether oxygens (including phenoxy) is 1. The van der Waals surface area contributed by atoms with Gasteiger partial charge in [-0.25, -0.2) is 0 Å². The van der Waals surface area contributed by atoms with Crippen LogP contribution in [0.4, 0.5) is 0 Å². The lowest BCUT2D eigenvalue weighted by Gasteiger charge is -2.29. The van der Waals surface area contributed by atoms with Gasteiger partial charge in [0, 0.05) is 6.54 Å². The number of piperidine rings is 1. The topological polar surface area (TPSA) is 38.8 Å². The molecular formula is C10H15NO3. The van der Waals surface area contributed by atoms with E-state index in [4.69, 9.17) is 9.57 Å². The maximum atomic E-state index is 11.6. The smallest absolute Gasteiger partial charge is 0.313 e. The zero-order valence-electron chi connectivity index (χ0n) is 8.31. The summed E-state index contributed by atoms with van der Waals surface area (Å²) in [5.74, 6) is -0.0813. The predicted molar refractivity (Wildman–Crippen MR) is 48.3 cm³/mol. The van der Waals surface area contributed by atoms with Crippen LogP contribution >= 0.6 is 0 Å². The van der Waals surface area contributed by atoms with Crippen molar-refractivity contribution in [2.75, 3.05) is 6.54 Å². The largest absolute Gasteiger partial charge is 0.459 e. The van der Waals surface area contributed by atoms with Crippen LogP contribution in [0.25, 0.3) is 0 Å². The van der Waals surface area contributed by atoms with Gasteiger partial charge in [0.05, 0.1) is 6.04 Å². The average Bonchev–Trinajstić information content (AvgIpc) is 2.66. The summed E-state index contributed by atoms with van der Waals surface area (Å²) in [5, 5.41) is 2.01. The fourth-order valence-corrected chi connectivity index (χ4v) is 2.86. The van der Waals surface area contributed by atoms with Gasteiger partial charge in [-0.1, -0.05) is 6.42 Å². The van der Waals surface area contributed by atoms with Gasteiger partial charge in [-0.15, -0.1) is 0 Å². The molecule has 4 nitrogen and oxygen atoms in total. The zero-order valence-corrected chi connectivity index (χ0v) is 8.31. The highest BCUT2D eigenvalue weighted by atomic mass is 16.7. The number of rotatable bonds is 0. The van der Waals surface area contributed by atoms with Gasteiger partial charge in [0.1, 0.15) is 18.1 Å². The van der Waals surface area contributed by atoms with Gasteiger partial charge in [0.25, 0.3) is 0 Å². The highest BCUT2D eigenvalue weighted by molar-refractivity contribution is 5.77. The Labute approximate surface area is 83.1 Å². The number of fused-ring (bicyclic) bond motifs is 3. The summed E-state index contributed by atoms with van der Waals surface area (Å²) < 4.78 is 5.19. The molecule has 4 heteroatoms. The predicted octanol–water partition coefficient (Wildman–Crippen LogP) is 0.716. The van der Waals surface area contributed by atoms with Crippen molar-refractivity contribution in [3.8, 4) is 0 Å². The van der Waals surface area contributed by atoms with E-state index in [1.54, 1.807) is 0 Å². The van der Waals surface area contributed by atoms with Crippen LogP contribution in [0.2, 0.25) is 0 Å². The normalized spacial score (nSPS) is 47.4. The highest BCUT2D eigenvalue weighted by Crippen LogP contribution is 2.40. The van der Waals surface area contributed by atoms with Crippen LogP contribution in [-0.4, -0.2) is 35.8 Å². The Morgan fingerprint density at radius 3 is 3.14 bits per heavy atom. The van der Waals surface area contributed by atoms with Crippen LogP contribution in [0.5, 0.6) is 0 Å². The highest BCUT2D eigenvalue weighted by Gasteiger charge is 2.56. The molecule has 78 valence electrons. The minimum Gasteiger partial charge on any atom is -0.459 e. The van der Waals surface area contributed by atoms with Crippen molar-refractivity contribution >= 4 is 5.97 Å². The van der Waals surface area contributed by atoms with Gasteiger partial charge in [-0.2, -0.15) is 5.06 Å². The van der Waals surface area contributed by atoms with Crippen molar-refractivity contribution in [1.29, 1.82) is 0 Å². The maximum absolute atomic E-state index is 11.6. The lowest BCUT2D eigenvalue weighted by atomic mass is 9.89. The van der Waals surface area contributed by atoms with E-state index in [-0.39, 0.29) is 30.1 Å². The van der Waals surface area contributed by atoms with Crippen LogP contribution in [0.15, 0.2) is 0 Å². The second kappa shape index (κ2) is 2.94. The lowest BCUT2D eigenvalue weighted by molar-refractivity contribution is -0.192. The van der Waals surface area contributed by atoms with Crippen molar-refractivity contribution in [2.45, 2.75) is 44.4 Å². The van der Waals surface area contributed by atoms with Gasteiger partial charge in [0.15, 0.2) is 0 Å². The molecule has 0 spiro atoms. The quantitative estimate of drug-likeness (QED) is 0.536. The molecule has 3 fully saturated rings. The number of hydrogen-bond acceptors (Lipinski definition) is 4. The van der Waals surface area contributed by atoms with Gasteiger partial charge < -0.3 is 4.74 Å². The first kappa shape index (κ1) is 8.68. The number of carbonyl (C=O) groups is 1. The zero-order chi connectivity index (χ0) is 9.71. The van der Waals surface area contributed by atoms with E-state index in [1.165, 1.54) is 12.8 Å². The van der Waals surface area contributed by atoms with E-state index in [2.05, 4.69) is 0 Å². The van der Waals surface area contributed by atoms with Crippen LogP contribution in [-0.2, 0) is 14.4 Å². The SMILES string of the molecule is C[C@@H]1OC(=O)[C@@H]2[C@H]1ON1CCCC[C@H]21. The van der Waals surface area contributed by atoms with Crippen LogP contribution in [0.1, 0.15) is 26.2 Å². The minimum atomic E-state index is -0.0712. The van der Waals surface area contributed by atoms with E-state index in [0.717, 1.165) is 13.0 Å². The summed E-state index contributed by atoms with van der Waals surface area (Å²) in [6, 6.07) is 0.284. The first-order chi connectivity index (χ1) is 6.77. The molecule has 0 aromatic rings. The van der Waals surface area contributed by atoms with E-state index < -0.39 is 0 Å². The number of hydroxylamine groups is 2. The second-order valence-electron chi connectivity index (χ2n) is 4.44. The van der Waals surface area contributed by atoms with E-state index in [1.807, 2.05) is 12.0 Å². The molecule has 0 aromatic carbocycles. The fraction of sp³-hybridized carbons (Fsp3) is 0.900. The number of nitrogens with zero attached hydrogens (tertiary/aromatic N) is 1. The number of hydrogen-bond donors (Lipinski definition) is 0. The van der Waals surface area contributed by atoms with Crippen molar-refractivity contribution in [3.05, 3.63) is 0 Å². The molecule has 3 aliphatic heterocycles. The second-order valence-corrected chi connectivity index (χ2v) is 4.44. The summed E-state index contributed by atoms with van der Waals surface area (Å²) >= 11 is 0. The molecule has 0 saturated carbocycles. The molecule has 0 N–H and O–H groups in total. The summed E-state index contributed by atoms with van der Waals surface area (Å²) in [5.41, 5.74) is 0. The van der Waals surface area contributed by atoms with Crippen LogP contribution < -0.4 is 0 Å². The van der Waals surface area contributed by atoms with Gasteiger partial charge in [0.2, 0.25) is 0 Å². The maximum Gasteiger partial charge on any atom is 0.313 e. The molecule has 3 rings (SSSR count). The minimum absolute atomic E-state index is 0.0226. The standard InChI is InChI=1S/C10H15NO3/c1-6-9-8(10(12)13-6)7-4-2-3-5-11(7)14-9/h6-9H,2-5H2,1H3/t6-,7+,8-,9-/m0/s1. The molecule has 3 saturated heterocycles. The molecule has 3 aliphatic rings. The number of esters is 1. The third kappa shape index (κ3) is 1.04. The van der Waals surface area contributed by atoms with Crippen molar-refractivity contribution in [2.24, 2.45) is 5.92 Å². The Balaban J connectivity index is 1.87. The fourth-order valence-electron chi connectivity index (χ4n) is 2.86. The van der Waals surface area contributed by atoms with Gasteiger partial charge in [-0.3, -0.25) is 9.63 Å². The third-order valence-electron chi connectivity index (χ3n) is 3.56. The van der Waals surface area contributed by atoms with Gasteiger partial charge in [-0.05, 0) is 19.8 Å². The Kier molecular flexibility index (Phi) is 1.82. The van der Waals surface area contributed by atoms with Gasteiger partial charge >= 0.3 is 5.97 Å². The first-order valence-electron chi connectivity index (χ1n) is 5.41. The van der Waals surface area contributed by atoms with Crippen LogP contribution in [0, 0.1) is 5.92 Å². The van der Waals surface area contributed by atoms with Crippen molar-refractivity contribution in [3.63, 3.8) is 0 Å². The Morgan fingerprint density at radius 2 is 2.29 bits per heavy atom. The molecule has 0 radical (unpaired) electrons. The monoisotopic (exact) mass is 197 g/mol. The van der Waals surface area contributed by atoms with Crippen molar-refractivity contribution < 1.29 is 14.4 Å². The summed E-state index contributed by atoms with van der Waals surface area (Å²) in [6.45, 7) is 2.89. The molecule has 4 atom stereocenters. The Hall–Kier alpha value is -0.610. The molecule has 14 heavy (non-hydrogen) atoms. The molecule has 3 heterocycles. The molecule has 0 aliphatic carbocycles.